The van der Waals surface area contributed by atoms with Gasteiger partial charge >= 0.3 is 6.09 Å². The van der Waals surface area contributed by atoms with Gasteiger partial charge in [0.25, 0.3) is 0 Å². The van der Waals surface area contributed by atoms with E-state index in [1.807, 2.05) is 0 Å². The molecule has 0 spiro atoms. The lowest BCUT2D eigenvalue weighted by Crippen LogP contribution is -2.33. The summed E-state index contributed by atoms with van der Waals surface area (Å²) in [5.41, 5.74) is 23.0. The summed E-state index contributed by atoms with van der Waals surface area (Å²) in [5, 5.41) is 10.3. The second-order valence-corrected chi connectivity index (χ2v) is 7.06. The van der Waals surface area contributed by atoms with Gasteiger partial charge in [0.15, 0.2) is 6.79 Å². The number of carbonyl (C=O) groups excluding carboxylic acids is 2. The molecule has 0 heterocycles. The normalized spacial score (nSPS) is 9.95. The third-order valence-corrected chi connectivity index (χ3v) is 3.41. The monoisotopic (exact) mass is 678 g/mol. The van der Waals surface area contributed by atoms with Crippen LogP contribution in [-0.2, 0) is 47.7 Å². The first-order valence-electron chi connectivity index (χ1n) is 12.4. The number of methoxy groups -OCH3 is 3. The predicted molar refractivity (Wildman–Crippen MR) is 157 cm³/mol. The minimum absolute atomic E-state index is 0.0124. The highest BCUT2D eigenvalue weighted by Gasteiger charge is 1.92. The number of rotatable bonds is 27. The second kappa shape index (κ2) is 50.5. The van der Waals surface area contributed by atoms with E-state index in [-0.39, 0.29) is 26.1 Å². The molecule has 21 nitrogen and oxygen atoms in total. The lowest BCUT2D eigenvalue weighted by atomic mass is 10.8. The molecule has 13 N–H and O–H groups in total. The van der Waals surface area contributed by atoms with Crippen LogP contribution in [0.4, 0.5) is 4.79 Å². The van der Waals surface area contributed by atoms with Crippen LogP contribution < -0.4 is 54.9 Å². The molecule has 0 saturated heterocycles. The van der Waals surface area contributed by atoms with Crippen molar-refractivity contribution in [1.29, 1.82) is 0 Å². The number of alkyl halides is 1. The third kappa shape index (κ3) is 64.8. The lowest BCUT2D eigenvalue weighted by molar-refractivity contribution is -0.115. The largest absolute Gasteiger partial charge is 0.453 e. The molecule has 0 unspecified atom stereocenters. The SMILES string of the molecule is COC(=O)NCN.COCNCNOCCOCNCNOCOC.NCNCOCCONCN.O=C(Cl)COCCl. The highest BCUT2D eigenvalue weighted by Crippen LogP contribution is 1.83. The van der Waals surface area contributed by atoms with Gasteiger partial charge in [-0.05, 0) is 11.6 Å². The van der Waals surface area contributed by atoms with Crippen LogP contribution in [0.3, 0.4) is 0 Å². The van der Waals surface area contributed by atoms with Gasteiger partial charge in [0.1, 0.15) is 12.7 Å². The van der Waals surface area contributed by atoms with Crippen LogP contribution in [0.25, 0.3) is 0 Å². The summed E-state index contributed by atoms with van der Waals surface area (Å²) in [5.74, 6) is 0. The van der Waals surface area contributed by atoms with Gasteiger partial charge in [-0.3, -0.25) is 35.3 Å². The van der Waals surface area contributed by atoms with Gasteiger partial charge in [-0.25, -0.2) is 4.79 Å². The van der Waals surface area contributed by atoms with Gasteiger partial charge in [-0.15, -0.1) is 0 Å². The fourth-order valence-corrected chi connectivity index (χ4v) is 1.69. The molecule has 262 valence electrons. The van der Waals surface area contributed by atoms with Crippen LogP contribution >= 0.6 is 23.2 Å². The maximum atomic E-state index is 10.00. The van der Waals surface area contributed by atoms with E-state index >= 15 is 0 Å². The van der Waals surface area contributed by atoms with Crippen molar-refractivity contribution in [1.82, 2.24) is 37.7 Å². The van der Waals surface area contributed by atoms with Crippen LogP contribution in [0.2, 0.25) is 0 Å². The van der Waals surface area contributed by atoms with Crippen LogP contribution in [0, 0.1) is 0 Å². The highest BCUT2D eigenvalue weighted by atomic mass is 35.5. The Labute approximate surface area is 262 Å². The summed E-state index contributed by atoms with van der Waals surface area (Å²) in [6, 6.07) is 0.0124. The number of carbonyl (C=O) groups is 2. The summed E-state index contributed by atoms with van der Waals surface area (Å²) < 4.78 is 28.2. The number of ether oxygens (including phenoxy) is 6. The number of nitrogens with two attached hydrogens (primary N) is 3. The zero-order valence-electron chi connectivity index (χ0n) is 25.1. The minimum Gasteiger partial charge on any atom is -0.453 e. The van der Waals surface area contributed by atoms with Crippen molar-refractivity contribution < 1.29 is 52.5 Å². The molecule has 0 aliphatic carbocycles. The van der Waals surface area contributed by atoms with Crippen molar-refractivity contribution in [3.8, 4) is 0 Å². The summed E-state index contributed by atoms with van der Waals surface area (Å²) >= 11 is 9.85. The number of alkyl carbamates (subject to hydrolysis) is 1. The molecule has 0 saturated carbocycles. The van der Waals surface area contributed by atoms with E-state index in [0.717, 1.165) is 0 Å². The van der Waals surface area contributed by atoms with E-state index in [2.05, 4.69) is 51.9 Å². The van der Waals surface area contributed by atoms with Crippen LogP contribution in [0.15, 0.2) is 0 Å². The summed E-state index contributed by atoms with van der Waals surface area (Å²) in [6.07, 6.45) is -0.498. The molecular formula is C20H52Cl2N10O11. The first kappa shape index (κ1) is 48.7. The van der Waals surface area contributed by atoms with E-state index in [4.69, 9.17) is 69.1 Å². The topological polar surface area (TPSA) is 279 Å². The molecule has 0 aromatic carbocycles. The second-order valence-electron chi connectivity index (χ2n) is 6.42. The van der Waals surface area contributed by atoms with E-state index in [1.54, 1.807) is 14.2 Å². The van der Waals surface area contributed by atoms with Crippen molar-refractivity contribution in [2.45, 2.75) is 0 Å². The van der Waals surface area contributed by atoms with E-state index in [9.17, 15) is 9.59 Å². The Morgan fingerprint density at radius 2 is 1.26 bits per heavy atom. The molecule has 0 rings (SSSR count). The third-order valence-electron chi connectivity index (χ3n) is 3.14. The smallest absolute Gasteiger partial charge is 0.407 e. The summed E-state index contributed by atoms with van der Waals surface area (Å²) in [7, 11) is 4.45. The lowest BCUT2D eigenvalue weighted by Gasteiger charge is -2.09. The Hall–Kier alpha value is -1.16. The number of hydroxylamine groups is 3. The van der Waals surface area contributed by atoms with Crippen molar-refractivity contribution in [3.05, 3.63) is 0 Å². The van der Waals surface area contributed by atoms with Gasteiger partial charge in [-0.1, -0.05) is 11.6 Å². The quantitative estimate of drug-likeness (QED) is 0.0132. The van der Waals surface area contributed by atoms with Crippen LogP contribution in [-0.4, -0.2) is 132 Å². The van der Waals surface area contributed by atoms with Gasteiger partial charge in [-0.2, -0.15) is 16.4 Å². The van der Waals surface area contributed by atoms with E-state index in [0.29, 0.717) is 73.3 Å². The minimum atomic E-state index is -0.527. The Bertz CT molecular complexity index is 508. The molecule has 0 aliphatic heterocycles. The molecule has 1 amide bonds. The molecule has 43 heavy (non-hydrogen) atoms. The zero-order chi connectivity index (χ0) is 33.1. The van der Waals surface area contributed by atoms with Gasteiger partial charge in [0.2, 0.25) is 5.24 Å². The Balaban J connectivity index is -0.000000259. The Kier molecular flexibility index (Phi) is 57.2. The first-order valence-corrected chi connectivity index (χ1v) is 13.4. The molecule has 0 aliphatic rings. The first-order chi connectivity index (χ1) is 20.9. The number of amides is 1. The summed E-state index contributed by atoms with van der Waals surface area (Å²) in [6.45, 7) is 5.22. The molecule has 0 bridgehead atoms. The van der Waals surface area contributed by atoms with Gasteiger partial charge < -0.3 is 50.9 Å². The number of halogens is 2. The Morgan fingerprint density at radius 3 is 1.70 bits per heavy atom. The number of hydrogen-bond acceptors (Lipinski definition) is 20. The Morgan fingerprint density at radius 1 is 0.674 bits per heavy atom. The predicted octanol–water partition coefficient (Wildman–Crippen LogP) is -3.57. The molecule has 0 radical (unpaired) electrons. The average Bonchev–Trinajstić information content (AvgIpc) is 3.01. The molecule has 0 atom stereocenters. The maximum absolute atomic E-state index is 10.00. The van der Waals surface area contributed by atoms with Crippen LogP contribution in [0.5, 0.6) is 0 Å². The fourth-order valence-electron chi connectivity index (χ4n) is 1.54. The molecule has 0 fully saturated rings. The molecule has 0 aromatic rings. The average molecular weight is 680 g/mol. The van der Waals surface area contributed by atoms with E-state index < -0.39 is 11.3 Å². The number of nitrogens with one attached hydrogen (secondary N) is 7. The molecular weight excluding hydrogens is 627 g/mol. The molecule has 0 aromatic heterocycles. The molecule has 23 heteroatoms. The van der Waals surface area contributed by atoms with Crippen molar-refractivity contribution in [2.24, 2.45) is 17.2 Å². The standard InChI is InChI=1S/C9H24N4O5.C5H16N4O2.C3H4Cl2O2.C3H8N2O2/c1-14-7-10-5-12-17-4-3-16-8-11-6-13-18-9-15-2;6-3-8-5-10-1-2-11-9-4-7;4-2-7-1-3(5)6;1-7-3(6)5-2-4/h10-13H,3-9H2,1-2H3;8-9H,1-7H2;1-2H2;2,4H2,1H3,(H,5,6). The maximum Gasteiger partial charge on any atom is 0.407 e. The van der Waals surface area contributed by atoms with Gasteiger partial charge in [0, 0.05) is 20.9 Å². The van der Waals surface area contributed by atoms with Crippen molar-refractivity contribution >= 4 is 34.5 Å². The van der Waals surface area contributed by atoms with Crippen molar-refractivity contribution in [2.75, 3.05) is 121 Å². The van der Waals surface area contributed by atoms with Gasteiger partial charge in [0.05, 0.1) is 80.4 Å². The zero-order valence-corrected chi connectivity index (χ0v) is 26.6. The van der Waals surface area contributed by atoms with Crippen LogP contribution in [0.1, 0.15) is 0 Å². The number of hydrogen-bond donors (Lipinski definition) is 10. The van der Waals surface area contributed by atoms with Crippen molar-refractivity contribution in [3.63, 3.8) is 0 Å². The van der Waals surface area contributed by atoms with E-state index in [1.165, 1.54) is 7.11 Å². The highest BCUT2D eigenvalue weighted by molar-refractivity contribution is 6.63. The summed E-state index contributed by atoms with van der Waals surface area (Å²) in [4.78, 5) is 34.5. The fraction of sp³-hybridized carbons (Fsp3) is 0.900.